The van der Waals surface area contributed by atoms with Gasteiger partial charge in [-0.2, -0.15) is 0 Å². The summed E-state index contributed by atoms with van der Waals surface area (Å²) >= 11 is 5.29. The third kappa shape index (κ3) is 2.61. The van der Waals surface area contributed by atoms with Crippen molar-refractivity contribution in [2.45, 2.75) is 30.5 Å². The van der Waals surface area contributed by atoms with Crippen LogP contribution in [0.25, 0.3) is 0 Å². The van der Waals surface area contributed by atoms with Crippen molar-refractivity contribution in [2.24, 2.45) is 0 Å². The van der Waals surface area contributed by atoms with Gasteiger partial charge < -0.3 is 0 Å². The maximum Gasteiger partial charge on any atom is 0.130 e. The molecule has 1 heterocycles. The normalized spacial score (nSPS) is 16.2. The van der Waals surface area contributed by atoms with Gasteiger partial charge in [-0.3, -0.25) is 0 Å². The summed E-state index contributed by atoms with van der Waals surface area (Å²) in [6, 6.07) is 5.93. The van der Waals surface area contributed by atoms with Crippen molar-refractivity contribution in [1.29, 1.82) is 0 Å². The lowest BCUT2D eigenvalue weighted by molar-refractivity contribution is 0.574. The molecule has 1 aliphatic rings. The van der Waals surface area contributed by atoms with Gasteiger partial charge in [0.2, 0.25) is 0 Å². The lowest BCUT2D eigenvalue weighted by Crippen LogP contribution is -1.97. The molecule has 1 unspecified atom stereocenters. The van der Waals surface area contributed by atoms with E-state index in [4.69, 9.17) is 0 Å². The van der Waals surface area contributed by atoms with Crippen molar-refractivity contribution in [3.8, 4) is 0 Å². The van der Waals surface area contributed by atoms with Crippen molar-refractivity contribution in [2.75, 3.05) is 0 Å². The van der Waals surface area contributed by atoms with Gasteiger partial charge in [-0.25, -0.2) is 8.78 Å². The molecule has 0 fully saturated rings. The zero-order chi connectivity index (χ0) is 13.4. The molecule has 2 aromatic rings. The summed E-state index contributed by atoms with van der Waals surface area (Å²) in [6.07, 6.45) is 4.73. The smallest absolute Gasteiger partial charge is 0.130 e. The SMILES string of the molecule is Fc1ccc(C(Br)c2cc3c(s2)CCCC3)c(F)c1. The molecule has 0 amide bonds. The molecule has 1 aromatic heterocycles. The van der Waals surface area contributed by atoms with E-state index in [9.17, 15) is 8.78 Å². The second-order valence-electron chi connectivity index (χ2n) is 4.83. The van der Waals surface area contributed by atoms with E-state index in [0.29, 0.717) is 5.56 Å². The Balaban J connectivity index is 1.94. The number of thiophene rings is 1. The Kier molecular flexibility index (Phi) is 3.72. The standard InChI is InChI=1S/C15H13BrF2S/c16-15(11-6-5-10(17)8-12(11)18)14-7-9-3-1-2-4-13(9)19-14/h5-8,15H,1-4H2. The summed E-state index contributed by atoms with van der Waals surface area (Å²) in [5.74, 6) is -1.03. The minimum atomic E-state index is -0.536. The van der Waals surface area contributed by atoms with Crippen LogP contribution in [0.4, 0.5) is 8.78 Å². The first-order chi connectivity index (χ1) is 9.15. The summed E-state index contributed by atoms with van der Waals surface area (Å²) in [5.41, 5.74) is 1.90. The highest BCUT2D eigenvalue weighted by Crippen LogP contribution is 2.40. The predicted octanol–water partition coefficient (Wildman–Crippen LogP) is 5.39. The third-order valence-electron chi connectivity index (χ3n) is 3.50. The Morgan fingerprint density at radius 3 is 2.63 bits per heavy atom. The molecule has 0 aliphatic heterocycles. The van der Waals surface area contributed by atoms with Crippen LogP contribution in [0.1, 0.15) is 38.6 Å². The Morgan fingerprint density at radius 2 is 1.89 bits per heavy atom. The van der Waals surface area contributed by atoms with E-state index >= 15 is 0 Å². The number of benzene rings is 1. The van der Waals surface area contributed by atoms with E-state index in [0.717, 1.165) is 23.8 Å². The average molecular weight is 343 g/mol. The fourth-order valence-corrected chi connectivity index (χ4v) is 4.54. The largest absolute Gasteiger partial charge is 0.207 e. The van der Waals surface area contributed by atoms with Crippen molar-refractivity contribution in [3.63, 3.8) is 0 Å². The van der Waals surface area contributed by atoms with E-state index in [1.165, 1.54) is 35.4 Å². The van der Waals surface area contributed by atoms with E-state index in [1.807, 2.05) is 0 Å². The maximum absolute atomic E-state index is 13.8. The minimum absolute atomic E-state index is 0.191. The van der Waals surface area contributed by atoms with Crippen LogP contribution < -0.4 is 0 Å². The molecule has 0 nitrogen and oxygen atoms in total. The topological polar surface area (TPSA) is 0 Å². The quantitative estimate of drug-likeness (QED) is 0.642. The first-order valence-corrected chi connectivity index (χ1v) is 8.09. The van der Waals surface area contributed by atoms with Gasteiger partial charge in [0.05, 0.1) is 4.83 Å². The van der Waals surface area contributed by atoms with Crippen molar-refractivity contribution < 1.29 is 8.78 Å². The second-order valence-corrected chi connectivity index (χ2v) is 6.92. The van der Waals surface area contributed by atoms with Gasteiger partial charge in [0.25, 0.3) is 0 Å². The van der Waals surface area contributed by atoms with Gasteiger partial charge in [0, 0.05) is 21.4 Å². The molecule has 100 valence electrons. The summed E-state index contributed by atoms with van der Waals surface area (Å²) in [5, 5.41) is 0. The van der Waals surface area contributed by atoms with Crippen molar-refractivity contribution >= 4 is 27.3 Å². The van der Waals surface area contributed by atoms with Crippen LogP contribution in [-0.4, -0.2) is 0 Å². The molecule has 0 N–H and O–H groups in total. The van der Waals surface area contributed by atoms with Crippen LogP contribution in [0, 0.1) is 11.6 Å². The monoisotopic (exact) mass is 342 g/mol. The molecule has 3 rings (SSSR count). The Labute approximate surface area is 123 Å². The molecule has 0 radical (unpaired) electrons. The van der Waals surface area contributed by atoms with E-state index in [2.05, 4.69) is 22.0 Å². The van der Waals surface area contributed by atoms with Crippen LogP contribution in [0.5, 0.6) is 0 Å². The van der Waals surface area contributed by atoms with E-state index in [-0.39, 0.29) is 4.83 Å². The van der Waals surface area contributed by atoms with Crippen LogP contribution in [-0.2, 0) is 12.8 Å². The van der Waals surface area contributed by atoms with Gasteiger partial charge in [-0.05, 0) is 43.4 Å². The van der Waals surface area contributed by atoms with Crippen LogP contribution >= 0.6 is 27.3 Å². The number of alkyl halides is 1. The highest BCUT2D eigenvalue weighted by atomic mass is 79.9. The number of fused-ring (bicyclic) bond motifs is 1. The molecule has 1 aliphatic carbocycles. The van der Waals surface area contributed by atoms with Gasteiger partial charge in [-0.15, -0.1) is 11.3 Å². The number of aryl methyl sites for hydroxylation is 2. The van der Waals surface area contributed by atoms with E-state index in [1.54, 1.807) is 11.3 Å². The molecule has 1 atom stereocenters. The predicted molar refractivity (Wildman–Crippen MR) is 78.1 cm³/mol. The Morgan fingerprint density at radius 1 is 1.11 bits per heavy atom. The summed E-state index contributed by atoms with van der Waals surface area (Å²) in [7, 11) is 0. The highest BCUT2D eigenvalue weighted by molar-refractivity contribution is 9.09. The molecule has 0 saturated carbocycles. The second kappa shape index (κ2) is 5.33. The van der Waals surface area contributed by atoms with Crippen LogP contribution in [0.15, 0.2) is 24.3 Å². The summed E-state index contributed by atoms with van der Waals surface area (Å²) in [6.45, 7) is 0. The number of halogens is 3. The Hall–Kier alpha value is -0.740. The van der Waals surface area contributed by atoms with Gasteiger partial charge >= 0.3 is 0 Å². The molecular formula is C15H13BrF2S. The molecule has 0 bridgehead atoms. The van der Waals surface area contributed by atoms with Gasteiger partial charge in [0.1, 0.15) is 11.6 Å². The molecule has 1 aromatic carbocycles. The van der Waals surface area contributed by atoms with E-state index < -0.39 is 11.6 Å². The molecular weight excluding hydrogens is 330 g/mol. The number of rotatable bonds is 2. The average Bonchev–Trinajstić information content (AvgIpc) is 2.81. The fraction of sp³-hybridized carbons (Fsp3) is 0.333. The number of hydrogen-bond acceptors (Lipinski definition) is 1. The first-order valence-electron chi connectivity index (χ1n) is 6.35. The lowest BCUT2D eigenvalue weighted by Gasteiger charge is -2.09. The summed E-state index contributed by atoms with van der Waals surface area (Å²) in [4.78, 5) is 2.34. The molecule has 19 heavy (non-hydrogen) atoms. The highest BCUT2D eigenvalue weighted by Gasteiger charge is 2.21. The zero-order valence-corrected chi connectivity index (χ0v) is 12.7. The van der Waals surface area contributed by atoms with Crippen LogP contribution in [0.3, 0.4) is 0 Å². The first kappa shape index (κ1) is 13.3. The van der Waals surface area contributed by atoms with Crippen molar-refractivity contribution in [1.82, 2.24) is 0 Å². The molecule has 0 spiro atoms. The lowest BCUT2D eigenvalue weighted by atomic mass is 9.99. The summed E-state index contributed by atoms with van der Waals surface area (Å²) < 4.78 is 26.8. The molecule has 4 heteroatoms. The van der Waals surface area contributed by atoms with Crippen molar-refractivity contribution in [3.05, 3.63) is 56.8 Å². The van der Waals surface area contributed by atoms with Crippen LogP contribution in [0.2, 0.25) is 0 Å². The van der Waals surface area contributed by atoms with Gasteiger partial charge in [-0.1, -0.05) is 22.0 Å². The number of hydrogen-bond donors (Lipinski definition) is 0. The molecule has 0 saturated heterocycles. The maximum atomic E-state index is 13.8. The Bertz CT molecular complexity index is 583. The third-order valence-corrected chi connectivity index (χ3v) is 6.09. The minimum Gasteiger partial charge on any atom is -0.207 e. The zero-order valence-electron chi connectivity index (χ0n) is 10.3. The van der Waals surface area contributed by atoms with Gasteiger partial charge in [0.15, 0.2) is 0 Å². The fourth-order valence-electron chi connectivity index (χ4n) is 2.50.